The Kier molecular flexibility index (Phi) is 6.60. The van der Waals surface area contributed by atoms with E-state index < -0.39 is 28.5 Å². The van der Waals surface area contributed by atoms with Gasteiger partial charge in [-0.15, -0.1) is 0 Å². The monoisotopic (exact) mass is 468 g/mol. The number of hydrogen-bond acceptors (Lipinski definition) is 4. The quantitative estimate of drug-likeness (QED) is 0.635. The third-order valence-corrected chi connectivity index (χ3v) is 6.27. The molecule has 0 spiro atoms. The van der Waals surface area contributed by atoms with Gasteiger partial charge in [-0.3, -0.25) is 14.4 Å². The molecule has 1 saturated carbocycles. The fourth-order valence-electron chi connectivity index (χ4n) is 3.78. The Balaban J connectivity index is 1.34. The predicted octanol–water partition coefficient (Wildman–Crippen LogP) is 4.03. The molecule has 0 aromatic heterocycles. The first-order chi connectivity index (χ1) is 14.8. The highest BCUT2D eigenvalue weighted by atomic mass is 35.5. The molecular weight excluding hydrogens is 446 g/mol. The van der Waals surface area contributed by atoms with Crippen LogP contribution in [0, 0.1) is 17.6 Å². The number of benzene rings is 2. The normalized spacial score (nSPS) is 17.8. The van der Waals surface area contributed by atoms with Gasteiger partial charge in [0.1, 0.15) is 28.4 Å². The lowest BCUT2D eigenvalue weighted by atomic mass is 10.00. The lowest BCUT2D eigenvalue weighted by Crippen LogP contribution is -2.48. The third kappa shape index (κ3) is 5.42. The van der Waals surface area contributed by atoms with Crippen LogP contribution in [0.2, 0.25) is 5.02 Å². The average molecular weight is 469 g/mol. The van der Waals surface area contributed by atoms with E-state index in [0.29, 0.717) is 18.9 Å². The second kappa shape index (κ2) is 9.22. The van der Waals surface area contributed by atoms with E-state index in [2.05, 4.69) is 9.62 Å². The maximum atomic E-state index is 14.5. The van der Waals surface area contributed by atoms with Crippen molar-refractivity contribution in [1.29, 1.82) is 0 Å². The molecule has 1 atom stereocenters. The molecule has 9 heteroatoms. The Morgan fingerprint density at radius 2 is 1.97 bits per heavy atom. The van der Waals surface area contributed by atoms with Crippen molar-refractivity contribution in [2.75, 3.05) is 26.0 Å². The summed E-state index contributed by atoms with van der Waals surface area (Å²) in [4.78, 5) is 14.3. The van der Waals surface area contributed by atoms with Gasteiger partial charge in [-0.25, -0.2) is 13.0 Å². The van der Waals surface area contributed by atoms with E-state index in [9.17, 15) is 17.8 Å². The standard InChI is InChI=1S/C22H23ClF2N2O3S/c1-31(29)26-22(28)17-7-16(15-3-4-15)21(8-19(17)24)30-12-14-10-27(11-14)9-13-2-5-18(23)20(25)6-13/h2,5-8,14-15H,3-4,9-12H2,1H3,(H,26,28). The minimum atomic E-state index is -1.57. The highest BCUT2D eigenvalue weighted by Crippen LogP contribution is 2.45. The summed E-state index contributed by atoms with van der Waals surface area (Å²) < 4.78 is 47.5. The second-order valence-corrected chi connectivity index (χ2v) is 9.67. The number of likely N-dealkylation sites (tertiary alicyclic amines) is 1. The SMILES string of the molecule is CS(=O)NC(=O)c1cc(C2CC2)c(OCC2CN(Cc3ccc(Cl)c(F)c3)C2)cc1F. The maximum Gasteiger partial charge on any atom is 0.265 e. The Morgan fingerprint density at radius 1 is 1.23 bits per heavy atom. The molecule has 1 amide bonds. The lowest BCUT2D eigenvalue weighted by molar-refractivity contribution is 0.0553. The number of amides is 1. The number of carbonyl (C=O) groups is 1. The van der Waals surface area contributed by atoms with Crippen LogP contribution in [0.15, 0.2) is 30.3 Å². The van der Waals surface area contributed by atoms with Crippen molar-refractivity contribution < 1.29 is 22.5 Å². The van der Waals surface area contributed by atoms with E-state index >= 15 is 0 Å². The fourth-order valence-corrected chi connectivity index (χ4v) is 4.27. The first-order valence-electron chi connectivity index (χ1n) is 10.1. The van der Waals surface area contributed by atoms with Gasteiger partial charge >= 0.3 is 0 Å². The summed E-state index contributed by atoms with van der Waals surface area (Å²) in [7, 11) is -1.57. The topological polar surface area (TPSA) is 58.6 Å². The Labute approximate surface area is 187 Å². The number of nitrogens with one attached hydrogen (secondary N) is 1. The molecule has 5 nitrogen and oxygen atoms in total. The Morgan fingerprint density at radius 3 is 2.61 bits per heavy atom. The lowest BCUT2D eigenvalue weighted by Gasteiger charge is -2.39. The van der Waals surface area contributed by atoms with Crippen molar-refractivity contribution in [3.63, 3.8) is 0 Å². The van der Waals surface area contributed by atoms with Gasteiger partial charge in [0.25, 0.3) is 5.91 Å². The van der Waals surface area contributed by atoms with Crippen molar-refractivity contribution in [2.45, 2.75) is 25.3 Å². The highest BCUT2D eigenvalue weighted by Gasteiger charge is 2.31. The molecule has 0 bridgehead atoms. The van der Waals surface area contributed by atoms with Gasteiger partial charge in [0, 0.05) is 37.9 Å². The van der Waals surface area contributed by atoms with E-state index in [1.807, 2.05) is 6.07 Å². The Hall–Kier alpha value is -2.03. The highest BCUT2D eigenvalue weighted by molar-refractivity contribution is 7.82. The first-order valence-corrected chi connectivity index (χ1v) is 12.0. The summed E-state index contributed by atoms with van der Waals surface area (Å²) >= 11 is 5.72. The van der Waals surface area contributed by atoms with E-state index in [0.717, 1.165) is 37.1 Å². The van der Waals surface area contributed by atoms with Crippen molar-refractivity contribution in [3.8, 4) is 5.75 Å². The minimum absolute atomic E-state index is 0.115. The first kappa shape index (κ1) is 22.2. The van der Waals surface area contributed by atoms with Gasteiger partial charge in [-0.1, -0.05) is 17.7 Å². The van der Waals surface area contributed by atoms with Gasteiger partial charge < -0.3 is 4.74 Å². The van der Waals surface area contributed by atoms with Crippen LogP contribution < -0.4 is 9.46 Å². The largest absolute Gasteiger partial charge is 0.493 e. The number of nitrogens with zero attached hydrogens (tertiary/aromatic N) is 1. The maximum absolute atomic E-state index is 14.5. The zero-order valence-corrected chi connectivity index (χ0v) is 18.6. The number of hydrogen-bond donors (Lipinski definition) is 1. The van der Waals surface area contributed by atoms with Crippen LogP contribution in [0.1, 0.15) is 40.2 Å². The molecule has 1 heterocycles. The number of halogens is 3. The van der Waals surface area contributed by atoms with E-state index in [4.69, 9.17) is 16.3 Å². The summed E-state index contributed by atoms with van der Waals surface area (Å²) in [6.07, 6.45) is 3.26. The van der Waals surface area contributed by atoms with E-state index in [-0.39, 0.29) is 22.4 Å². The molecule has 166 valence electrons. The van der Waals surface area contributed by atoms with Crippen LogP contribution in [0.5, 0.6) is 5.75 Å². The number of rotatable bonds is 8. The van der Waals surface area contributed by atoms with Crippen molar-refractivity contribution in [3.05, 3.63) is 63.7 Å². The zero-order chi connectivity index (χ0) is 22.1. The zero-order valence-electron chi connectivity index (χ0n) is 17.0. The minimum Gasteiger partial charge on any atom is -0.493 e. The molecule has 4 rings (SSSR count). The van der Waals surface area contributed by atoms with Gasteiger partial charge in [0.2, 0.25) is 0 Å². The number of carbonyl (C=O) groups excluding carboxylic acids is 1. The number of ether oxygens (including phenoxy) is 1. The molecule has 0 radical (unpaired) electrons. The van der Waals surface area contributed by atoms with E-state index in [1.165, 1.54) is 24.5 Å². The smallest absolute Gasteiger partial charge is 0.265 e. The van der Waals surface area contributed by atoms with Crippen LogP contribution in [0.25, 0.3) is 0 Å². The molecule has 2 fully saturated rings. The average Bonchev–Trinajstić information content (AvgIpc) is 3.50. The fraction of sp³-hybridized carbons (Fsp3) is 0.409. The van der Waals surface area contributed by atoms with Crippen LogP contribution in [-0.4, -0.2) is 41.0 Å². The summed E-state index contributed by atoms with van der Waals surface area (Å²) in [5.74, 6) is -0.795. The molecule has 2 aromatic carbocycles. The van der Waals surface area contributed by atoms with Crippen LogP contribution in [0.3, 0.4) is 0 Å². The molecular formula is C22H23ClF2N2O3S. The molecule has 1 aliphatic heterocycles. The van der Waals surface area contributed by atoms with Gasteiger partial charge in [-0.05, 0) is 48.1 Å². The van der Waals surface area contributed by atoms with Crippen molar-refractivity contribution >= 4 is 28.5 Å². The molecule has 1 unspecified atom stereocenters. The molecule has 1 N–H and O–H groups in total. The van der Waals surface area contributed by atoms with Crippen molar-refractivity contribution in [1.82, 2.24) is 9.62 Å². The second-order valence-electron chi connectivity index (χ2n) is 8.15. The van der Waals surface area contributed by atoms with Gasteiger partial charge in [-0.2, -0.15) is 0 Å². The molecule has 2 aliphatic rings. The summed E-state index contributed by atoms with van der Waals surface area (Å²) in [5, 5.41) is 0.115. The predicted molar refractivity (Wildman–Crippen MR) is 116 cm³/mol. The summed E-state index contributed by atoms with van der Waals surface area (Å²) in [5.41, 5.74) is 1.57. The molecule has 1 saturated heterocycles. The Bertz CT molecular complexity index is 1030. The molecule has 1 aliphatic carbocycles. The summed E-state index contributed by atoms with van der Waals surface area (Å²) in [6.45, 7) is 2.67. The van der Waals surface area contributed by atoms with Crippen LogP contribution in [0.4, 0.5) is 8.78 Å². The van der Waals surface area contributed by atoms with Gasteiger partial charge in [0.05, 0.1) is 17.2 Å². The molecule has 2 aromatic rings. The van der Waals surface area contributed by atoms with Gasteiger partial charge in [0.15, 0.2) is 0 Å². The van der Waals surface area contributed by atoms with Crippen LogP contribution in [-0.2, 0) is 17.5 Å². The third-order valence-electron chi connectivity index (χ3n) is 5.50. The summed E-state index contributed by atoms with van der Waals surface area (Å²) in [6, 6.07) is 7.60. The molecule has 31 heavy (non-hydrogen) atoms. The van der Waals surface area contributed by atoms with E-state index in [1.54, 1.807) is 6.07 Å². The van der Waals surface area contributed by atoms with Crippen molar-refractivity contribution in [2.24, 2.45) is 5.92 Å². The van der Waals surface area contributed by atoms with Crippen LogP contribution >= 0.6 is 11.6 Å².